The topological polar surface area (TPSA) is 67.2 Å². The van der Waals surface area contributed by atoms with Crippen molar-refractivity contribution in [1.82, 2.24) is 4.98 Å². The van der Waals surface area contributed by atoms with E-state index in [4.69, 9.17) is 4.42 Å². The van der Waals surface area contributed by atoms with Gasteiger partial charge in [-0.1, -0.05) is 41.1 Å². The number of rotatable bonds is 7. The van der Waals surface area contributed by atoms with Crippen LogP contribution in [0.15, 0.2) is 82.0 Å². The average Bonchev–Trinajstić information content (AvgIpc) is 3.43. The van der Waals surface area contributed by atoms with Gasteiger partial charge in [0.25, 0.3) is 5.91 Å². The summed E-state index contributed by atoms with van der Waals surface area (Å²) in [6, 6.07) is 19.2. The van der Waals surface area contributed by atoms with Gasteiger partial charge < -0.3 is 15.1 Å². The molecule has 0 aliphatic carbocycles. The molecule has 4 rings (SSSR count). The molecule has 4 aromatic rings. The van der Waals surface area contributed by atoms with E-state index in [0.29, 0.717) is 0 Å². The van der Waals surface area contributed by atoms with Crippen LogP contribution in [-0.4, -0.2) is 10.9 Å². The van der Waals surface area contributed by atoms with Gasteiger partial charge in [-0.15, -0.1) is 11.3 Å². The highest BCUT2D eigenvalue weighted by Gasteiger charge is 2.23. The zero-order valence-corrected chi connectivity index (χ0v) is 18.7. The summed E-state index contributed by atoms with van der Waals surface area (Å²) in [5.41, 5.74) is 2.05. The molecule has 3 heterocycles. The van der Waals surface area contributed by atoms with Crippen molar-refractivity contribution in [2.24, 2.45) is 0 Å². The predicted octanol–water partition coefficient (Wildman–Crippen LogP) is 6.51. The first-order valence-electron chi connectivity index (χ1n) is 9.54. The van der Waals surface area contributed by atoms with Crippen LogP contribution in [0, 0.1) is 0 Å². The van der Waals surface area contributed by atoms with E-state index in [1.165, 1.54) is 11.1 Å². The van der Waals surface area contributed by atoms with E-state index in [-0.39, 0.29) is 17.7 Å². The van der Waals surface area contributed by atoms with Crippen LogP contribution in [0.4, 0.5) is 10.8 Å². The van der Waals surface area contributed by atoms with Crippen LogP contribution in [0.25, 0.3) is 0 Å². The molecule has 1 atom stereocenters. The predicted molar refractivity (Wildman–Crippen MR) is 124 cm³/mol. The van der Waals surface area contributed by atoms with Crippen LogP contribution >= 0.6 is 27.3 Å². The zero-order chi connectivity index (χ0) is 20.9. The van der Waals surface area contributed by atoms with Crippen LogP contribution < -0.4 is 10.6 Å². The molecule has 2 N–H and O–H groups in total. The molecule has 7 heteroatoms. The van der Waals surface area contributed by atoms with Gasteiger partial charge in [0, 0.05) is 21.1 Å². The molecule has 1 amide bonds. The second kappa shape index (κ2) is 9.28. The lowest BCUT2D eigenvalue weighted by atomic mass is 9.99. The summed E-state index contributed by atoms with van der Waals surface area (Å²) in [4.78, 5) is 18.3. The van der Waals surface area contributed by atoms with Crippen LogP contribution in [0.5, 0.6) is 0 Å². The summed E-state index contributed by atoms with van der Waals surface area (Å²) in [6.07, 6.45) is 4.13. The second-order valence-corrected chi connectivity index (χ2v) is 8.68. The van der Waals surface area contributed by atoms with Gasteiger partial charge in [0.1, 0.15) is 10.8 Å². The van der Waals surface area contributed by atoms with E-state index in [2.05, 4.69) is 56.7 Å². The Kier molecular flexibility index (Phi) is 6.30. The number of nitrogens with zero attached hydrogens (tertiary/aromatic N) is 1. The maximum Gasteiger partial charge on any atom is 0.291 e. The van der Waals surface area contributed by atoms with Crippen molar-refractivity contribution in [2.75, 3.05) is 10.6 Å². The summed E-state index contributed by atoms with van der Waals surface area (Å²) in [7, 11) is 0. The Morgan fingerprint density at radius 2 is 2.07 bits per heavy atom. The van der Waals surface area contributed by atoms with Crippen LogP contribution in [0.1, 0.15) is 39.5 Å². The van der Waals surface area contributed by atoms with Gasteiger partial charge >= 0.3 is 0 Å². The third-order valence-corrected chi connectivity index (χ3v) is 6.29. The molecule has 0 aliphatic heterocycles. The fraction of sp³-hybridized carbons (Fsp3) is 0.130. The van der Waals surface area contributed by atoms with Crippen molar-refractivity contribution in [3.63, 3.8) is 0 Å². The monoisotopic (exact) mass is 481 g/mol. The first kappa shape index (κ1) is 20.4. The number of amides is 1. The second-order valence-electron chi connectivity index (χ2n) is 6.63. The van der Waals surface area contributed by atoms with E-state index < -0.39 is 0 Å². The Hall–Kier alpha value is -2.90. The quantitative estimate of drug-likeness (QED) is 0.315. The normalized spacial score (nSPS) is 11.8. The smallest absolute Gasteiger partial charge is 0.291 e. The van der Waals surface area contributed by atoms with E-state index in [1.54, 1.807) is 29.7 Å². The maximum atomic E-state index is 12.7. The molecule has 0 fully saturated rings. The highest BCUT2D eigenvalue weighted by molar-refractivity contribution is 9.10. The highest BCUT2D eigenvalue weighted by Crippen LogP contribution is 2.38. The minimum atomic E-state index is -0.267. The standard InChI is InChI=1S/C23H20BrN3O2S/c1-2-17-14-18(23(30-17)27-22(28)19-9-6-12-29-19)21(15-7-5-8-16(24)13-15)26-20-10-3-4-11-25-20/h3-14,21H,2H2,1H3,(H,25,26)(H,27,28). The Bertz CT molecular complexity index is 1130. The van der Waals surface area contributed by atoms with Crippen LogP contribution in [-0.2, 0) is 6.42 Å². The van der Waals surface area contributed by atoms with Gasteiger partial charge in [0.15, 0.2) is 5.76 Å². The lowest BCUT2D eigenvalue weighted by Gasteiger charge is -2.21. The van der Waals surface area contributed by atoms with Gasteiger partial charge in [-0.05, 0) is 54.4 Å². The first-order chi connectivity index (χ1) is 14.6. The van der Waals surface area contributed by atoms with Crippen LogP contribution in [0.2, 0.25) is 0 Å². The number of hydrogen-bond donors (Lipinski definition) is 2. The Labute approximate surface area is 187 Å². The molecule has 0 saturated heterocycles. The number of carbonyl (C=O) groups excluding carboxylic acids is 1. The number of furan rings is 1. The van der Waals surface area contributed by atoms with Gasteiger partial charge in [-0.25, -0.2) is 4.98 Å². The third kappa shape index (κ3) is 4.63. The number of nitrogens with one attached hydrogen (secondary N) is 2. The zero-order valence-electron chi connectivity index (χ0n) is 16.3. The molecule has 0 radical (unpaired) electrons. The molecule has 152 valence electrons. The number of halogens is 1. The molecule has 0 bridgehead atoms. The number of aryl methyl sites for hydroxylation is 1. The summed E-state index contributed by atoms with van der Waals surface area (Å²) in [5, 5.41) is 7.35. The maximum absolute atomic E-state index is 12.7. The molecule has 1 aromatic carbocycles. The van der Waals surface area contributed by atoms with Gasteiger partial charge in [0.2, 0.25) is 0 Å². The largest absolute Gasteiger partial charge is 0.459 e. The lowest BCUT2D eigenvalue weighted by Crippen LogP contribution is -2.16. The number of thiophene rings is 1. The van der Waals surface area contributed by atoms with Gasteiger partial charge in [-0.2, -0.15) is 0 Å². The van der Waals surface area contributed by atoms with Crippen molar-refractivity contribution in [3.8, 4) is 0 Å². The molecule has 5 nitrogen and oxygen atoms in total. The van der Waals surface area contributed by atoms with Crippen molar-refractivity contribution >= 4 is 44.0 Å². The molecular formula is C23H20BrN3O2S. The summed E-state index contributed by atoms with van der Waals surface area (Å²) in [6.45, 7) is 2.11. The van der Waals surface area contributed by atoms with E-state index in [0.717, 1.165) is 32.8 Å². The highest BCUT2D eigenvalue weighted by atomic mass is 79.9. The molecule has 1 unspecified atom stereocenters. The Morgan fingerprint density at radius 1 is 1.17 bits per heavy atom. The fourth-order valence-corrected chi connectivity index (χ4v) is 4.59. The first-order valence-corrected chi connectivity index (χ1v) is 11.2. The summed E-state index contributed by atoms with van der Waals surface area (Å²) < 4.78 is 6.24. The number of carbonyl (C=O) groups is 1. The average molecular weight is 482 g/mol. The third-order valence-electron chi connectivity index (χ3n) is 4.58. The fourth-order valence-electron chi connectivity index (χ4n) is 3.14. The molecular weight excluding hydrogens is 462 g/mol. The Balaban J connectivity index is 1.75. The van der Waals surface area contributed by atoms with Crippen molar-refractivity contribution < 1.29 is 9.21 Å². The number of hydrogen-bond acceptors (Lipinski definition) is 5. The van der Waals surface area contributed by atoms with Gasteiger partial charge in [0.05, 0.1) is 12.3 Å². The van der Waals surface area contributed by atoms with Crippen LogP contribution in [0.3, 0.4) is 0 Å². The summed E-state index contributed by atoms with van der Waals surface area (Å²) >= 11 is 5.15. The molecule has 0 aliphatic rings. The number of benzene rings is 1. The lowest BCUT2D eigenvalue weighted by molar-refractivity contribution is 0.0997. The number of pyridine rings is 1. The van der Waals surface area contributed by atoms with Crippen molar-refractivity contribution in [2.45, 2.75) is 19.4 Å². The van der Waals surface area contributed by atoms with E-state index in [1.807, 2.05) is 30.3 Å². The number of anilines is 2. The Morgan fingerprint density at radius 3 is 2.77 bits per heavy atom. The van der Waals surface area contributed by atoms with Crippen molar-refractivity contribution in [1.29, 1.82) is 0 Å². The number of aromatic nitrogens is 1. The molecule has 3 aromatic heterocycles. The molecule has 0 spiro atoms. The van der Waals surface area contributed by atoms with Gasteiger partial charge in [-0.3, -0.25) is 4.79 Å². The molecule has 30 heavy (non-hydrogen) atoms. The SMILES string of the molecule is CCc1cc(C(Nc2ccccn2)c2cccc(Br)c2)c(NC(=O)c2ccco2)s1. The minimum absolute atomic E-state index is 0.194. The van der Waals surface area contributed by atoms with E-state index in [9.17, 15) is 4.79 Å². The summed E-state index contributed by atoms with van der Waals surface area (Å²) in [5.74, 6) is 0.774. The van der Waals surface area contributed by atoms with Crippen molar-refractivity contribution in [3.05, 3.63) is 99.4 Å². The minimum Gasteiger partial charge on any atom is -0.459 e. The molecule has 0 saturated carbocycles. The van der Waals surface area contributed by atoms with E-state index >= 15 is 0 Å².